The van der Waals surface area contributed by atoms with E-state index in [0.717, 1.165) is 5.56 Å². The molecule has 1 aromatic rings. The summed E-state index contributed by atoms with van der Waals surface area (Å²) in [5.74, 6) is 0. The quantitative estimate of drug-likeness (QED) is 0.825. The molecule has 0 unspecified atom stereocenters. The minimum absolute atomic E-state index is 0.0391. The van der Waals surface area contributed by atoms with Gasteiger partial charge in [-0.1, -0.05) is 31.4 Å². The molecule has 1 aliphatic carbocycles. The van der Waals surface area contributed by atoms with Gasteiger partial charge in [-0.05, 0) is 49.7 Å². The average Bonchev–Trinajstić information content (AvgIpc) is 2.47. The molecular formula is C16H24N2O2S2. The summed E-state index contributed by atoms with van der Waals surface area (Å²) in [6.07, 6.45) is 7.43. The Balaban J connectivity index is 1.90. The van der Waals surface area contributed by atoms with E-state index in [9.17, 15) is 8.42 Å². The molecule has 2 N–H and O–H groups in total. The summed E-state index contributed by atoms with van der Waals surface area (Å²) >= 11 is 5.38. The third kappa shape index (κ3) is 4.95. The summed E-state index contributed by atoms with van der Waals surface area (Å²) in [5.41, 5.74) is 1.01. The second-order valence-electron chi connectivity index (χ2n) is 6.02. The minimum atomic E-state index is -3.15. The summed E-state index contributed by atoms with van der Waals surface area (Å²) in [6.45, 7) is 2.02. The van der Waals surface area contributed by atoms with Gasteiger partial charge < -0.3 is 10.6 Å². The molecule has 0 spiro atoms. The van der Waals surface area contributed by atoms with Gasteiger partial charge in [0.25, 0.3) is 0 Å². The first kappa shape index (κ1) is 17.2. The van der Waals surface area contributed by atoms with Crippen LogP contribution in [0.2, 0.25) is 0 Å². The molecule has 1 aromatic carbocycles. The lowest BCUT2D eigenvalue weighted by Crippen LogP contribution is -2.43. The summed E-state index contributed by atoms with van der Waals surface area (Å²) < 4.78 is 22.9. The number of nitrogens with one attached hydrogen (secondary N) is 2. The van der Waals surface area contributed by atoms with Crippen molar-refractivity contribution < 1.29 is 8.42 Å². The molecule has 0 heterocycles. The molecule has 1 atom stereocenters. The minimum Gasteiger partial charge on any atom is -0.360 e. The zero-order chi connectivity index (χ0) is 16.2. The van der Waals surface area contributed by atoms with E-state index < -0.39 is 9.84 Å². The molecule has 0 saturated heterocycles. The molecule has 22 heavy (non-hydrogen) atoms. The van der Waals surface area contributed by atoms with Crippen LogP contribution < -0.4 is 10.6 Å². The van der Waals surface area contributed by atoms with Crippen molar-refractivity contribution in [3.05, 3.63) is 29.8 Å². The van der Waals surface area contributed by atoms with Gasteiger partial charge in [-0.3, -0.25) is 0 Å². The number of benzene rings is 1. The molecule has 122 valence electrons. The van der Waals surface area contributed by atoms with Crippen LogP contribution in [0.15, 0.2) is 29.2 Å². The fourth-order valence-corrected chi connectivity index (χ4v) is 3.73. The van der Waals surface area contributed by atoms with Crippen molar-refractivity contribution in [2.45, 2.75) is 56.0 Å². The highest BCUT2D eigenvalue weighted by Crippen LogP contribution is 2.18. The van der Waals surface area contributed by atoms with Crippen molar-refractivity contribution in [1.29, 1.82) is 0 Å². The van der Waals surface area contributed by atoms with E-state index in [0.29, 0.717) is 16.0 Å². The van der Waals surface area contributed by atoms with Crippen molar-refractivity contribution in [3.63, 3.8) is 0 Å². The highest BCUT2D eigenvalue weighted by atomic mass is 32.2. The molecule has 1 saturated carbocycles. The molecular weight excluding hydrogens is 316 g/mol. The maximum Gasteiger partial charge on any atom is 0.175 e. The van der Waals surface area contributed by atoms with Crippen LogP contribution in [-0.2, 0) is 9.84 Å². The fourth-order valence-electron chi connectivity index (χ4n) is 2.76. The van der Waals surface area contributed by atoms with Gasteiger partial charge in [-0.15, -0.1) is 0 Å². The Morgan fingerprint density at radius 3 is 2.32 bits per heavy atom. The molecule has 0 amide bonds. The lowest BCUT2D eigenvalue weighted by molar-refractivity contribution is 0.411. The SMILES string of the molecule is C[C@@H](NC(=S)NC1CCCCC1)c1ccc(S(C)(=O)=O)cc1. The largest absolute Gasteiger partial charge is 0.360 e. The first-order chi connectivity index (χ1) is 10.4. The van der Waals surface area contributed by atoms with E-state index in [1.54, 1.807) is 12.1 Å². The number of thiocarbonyl (C=S) groups is 1. The fraction of sp³-hybridized carbons (Fsp3) is 0.562. The Morgan fingerprint density at radius 1 is 1.18 bits per heavy atom. The first-order valence-corrected chi connectivity index (χ1v) is 10.0. The van der Waals surface area contributed by atoms with Gasteiger partial charge >= 0.3 is 0 Å². The van der Waals surface area contributed by atoms with Crippen molar-refractivity contribution in [3.8, 4) is 0 Å². The van der Waals surface area contributed by atoms with Crippen LogP contribution in [-0.4, -0.2) is 25.8 Å². The number of hydrogen-bond donors (Lipinski definition) is 2. The van der Waals surface area contributed by atoms with Crippen LogP contribution >= 0.6 is 12.2 Å². The van der Waals surface area contributed by atoms with Crippen molar-refractivity contribution in [1.82, 2.24) is 10.6 Å². The third-order valence-corrected chi connectivity index (χ3v) is 5.46. The van der Waals surface area contributed by atoms with E-state index in [1.165, 1.54) is 38.4 Å². The van der Waals surface area contributed by atoms with Gasteiger partial charge in [0.05, 0.1) is 10.9 Å². The summed E-state index contributed by atoms with van der Waals surface area (Å²) in [7, 11) is -3.15. The standard InChI is InChI=1S/C16H24N2O2S2/c1-12(13-8-10-15(11-9-13)22(2,19)20)17-16(21)18-14-6-4-3-5-7-14/h8-12,14H,3-7H2,1-2H3,(H2,17,18,21)/t12-/m1/s1. The number of hydrogen-bond acceptors (Lipinski definition) is 3. The van der Waals surface area contributed by atoms with E-state index in [2.05, 4.69) is 10.6 Å². The average molecular weight is 341 g/mol. The van der Waals surface area contributed by atoms with Crippen molar-refractivity contribution >= 4 is 27.2 Å². The molecule has 4 nitrogen and oxygen atoms in total. The second-order valence-corrected chi connectivity index (χ2v) is 8.44. The second kappa shape index (κ2) is 7.42. The molecule has 0 radical (unpaired) electrons. The molecule has 1 fully saturated rings. The topological polar surface area (TPSA) is 58.2 Å². The Labute approximate surface area is 138 Å². The summed E-state index contributed by atoms with van der Waals surface area (Å²) in [6, 6.07) is 7.46. The van der Waals surface area contributed by atoms with E-state index in [1.807, 2.05) is 19.1 Å². The number of rotatable bonds is 4. The van der Waals surface area contributed by atoms with Crippen LogP contribution in [0.3, 0.4) is 0 Å². The van der Waals surface area contributed by atoms with Crippen LogP contribution in [0.4, 0.5) is 0 Å². The molecule has 0 aromatic heterocycles. The van der Waals surface area contributed by atoms with E-state index in [4.69, 9.17) is 12.2 Å². The normalized spacial score (nSPS) is 17.7. The van der Waals surface area contributed by atoms with Crippen LogP contribution in [0, 0.1) is 0 Å². The lowest BCUT2D eigenvalue weighted by atomic mass is 9.96. The zero-order valence-corrected chi connectivity index (χ0v) is 14.8. The Bertz CT molecular complexity index is 606. The molecule has 2 rings (SSSR count). The first-order valence-electron chi connectivity index (χ1n) is 7.73. The lowest BCUT2D eigenvalue weighted by Gasteiger charge is -2.26. The van der Waals surface area contributed by atoms with Crippen molar-refractivity contribution in [2.75, 3.05) is 6.26 Å². The van der Waals surface area contributed by atoms with E-state index >= 15 is 0 Å². The maximum atomic E-state index is 11.5. The maximum absolute atomic E-state index is 11.5. The Kier molecular flexibility index (Phi) is 5.81. The van der Waals surface area contributed by atoms with Gasteiger partial charge in [-0.25, -0.2) is 8.42 Å². The highest BCUT2D eigenvalue weighted by Gasteiger charge is 2.15. The van der Waals surface area contributed by atoms with Gasteiger partial charge in [0.1, 0.15) is 0 Å². The predicted molar refractivity (Wildman–Crippen MR) is 93.7 cm³/mol. The van der Waals surface area contributed by atoms with Gasteiger partial charge in [-0.2, -0.15) is 0 Å². The van der Waals surface area contributed by atoms with Crippen LogP contribution in [0.25, 0.3) is 0 Å². The third-order valence-electron chi connectivity index (χ3n) is 4.10. The highest BCUT2D eigenvalue weighted by molar-refractivity contribution is 7.90. The van der Waals surface area contributed by atoms with Gasteiger partial charge in [0, 0.05) is 12.3 Å². The molecule has 0 aliphatic heterocycles. The smallest absolute Gasteiger partial charge is 0.175 e. The number of sulfone groups is 1. The van der Waals surface area contributed by atoms with E-state index in [-0.39, 0.29) is 6.04 Å². The van der Waals surface area contributed by atoms with Gasteiger partial charge in [0.15, 0.2) is 14.9 Å². The molecule has 0 bridgehead atoms. The molecule has 1 aliphatic rings. The van der Waals surface area contributed by atoms with Crippen LogP contribution in [0.1, 0.15) is 50.6 Å². The monoisotopic (exact) mass is 340 g/mol. The predicted octanol–water partition coefficient (Wildman–Crippen LogP) is 2.95. The van der Waals surface area contributed by atoms with Crippen LogP contribution in [0.5, 0.6) is 0 Å². The zero-order valence-electron chi connectivity index (χ0n) is 13.1. The summed E-state index contributed by atoms with van der Waals surface area (Å²) in [4.78, 5) is 0.339. The Hall–Kier alpha value is -1.14. The van der Waals surface area contributed by atoms with Gasteiger partial charge in [0.2, 0.25) is 0 Å². The van der Waals surface area contributed by atoms with Crippen molar-refractivity contribution in [2.24, 2.45) is 0 Å². The molecule has 6 heteroatoms. The Morgan fingerprint density at radius 2 is 1.77 bits per heavy atom. The summed E-state index contributed by atoms with van der Waals surface area (Å²) in [5, 5.41) is 7.32.